The second-order valence-corrected chi connectivity index (χ2v) is 5.45. The number of likely N-dealkylation sites (N-methyl/N-ethyl adjacent to an activating group) is 1. The number of fused-ring (bicyclic) bond motifs is 1. The lowest BCUT2D eigenvalue weighted by Crippen LogP contribution is -2.31. The van der Waals surface area contributed by atoms with Gasteiger partial charge in [-0.25, -0.2) is 4.98 Å². The highest BCUT2D eigenvalue weighted by Gasteiger charge is 2.11. The molecule has 0 unspecified atom stereocenters. The van der Waals surface area contributed by atoms with Crippen LogP contribution in [0.4, 0.5) is 0 Å². The summed E-state index contributed by atoms with van der Waals surface area (Å²) in [5, 5.41) is 12.1. The van der Waals surface area contributed by atoms with Crippen molar-refractivity contribution in [3.05, 3.63) is 30.1 Å². The van der Waals surface area contributed by atoms with E-state index in [1.165, 1.54) is 0 Å². The highest BCUT2D eigenvalue weighted by molar-refractivity contribution is 5.97. The van der Waals surface area contributed by atoms with Gasteiger partial charge in [0, 0.05) is 18.7 Å². The van der Waals surface area contributed by atoms with E-state index in [2.05, 4.69) is 10.3 Å². The molecular weight excluding hydrogens is 268 g/mol. The molecule has 0 saturated carbocycles. The van der Waals surface area contributed by atoms with Crippen LogP contribution >= 0.6 is 0 Å². The van der Waals surface area contributed by atoms with Gasteiger partial charge in [0.15, 0.2) is 0 Å². The van der Waals surface area contributed by atoms with Crippen LogP contribution in [0.2, 0.25) is 0 Å². The van der Waals surface area contributed by atoms with Crippen LogP contribution < -0.4 is 5.32 Å². The molecule has 0 fully saturated rings. The molecule has 6 nitrogen and oxygen atoms in total. The number of nitrogens with one attached hydrogen (secondary N) is 1. The third kappa shape index (κ3) is 3.59. The molecule has 0 radical (unpaired) electrons. The van der Waals surface area contributed by atoms with Crippen molar-refractivity contribution in [2.45, 2.75) is 13.0 Å². The Labute approximate surface area is 124 Å². The van der Waals surface area contributed by atoms with Crippen molar-refractivity contribution in [1.29, 1.82) is 0 Å². The summed E-state index contributed by atoms with van der Waals surface area (Å²) in [6.07, 6.45) is 1.69. The van der Waals surface area contributed by atoms with Gasteiger partial charge in [-0.15, -0.1) is 0 Å². The molecule has 2 N–H and O–H groups in total. The van der Waals surface area contributed by atoms with Gasteiger partial charge >= 0.3 is 0 Å². The minimum absolute atomic E-state index is 0.0326. The van der Waals surface area contributed by atoms with E-state index in [1.54, 1.807) is 18.5 Å². The van der Waals surface area contributed by atoms with Crippen molar-refractivity contribution >= 4 is 16.9 Å². The quantitative estimate of drug-likeness (QED) is 0.828. The predicted molar refractivity (Wildman–Crippen MR) is 82.4 cm³/mol. The number of nitrogens with zero attached hydrogens (tertiary/aromatic N) is 3. The summed E-state index contributed by atoms with van der Waals surface area (Å²) in [6, 6.07) is 5.40. The van der Waals surface area contributed by atoms with Crippen LogP contribution in [0.5, 0.6) is 0 Å². The van der Waals surface area contributed by atoms with Crippen molar-refractivity contribution < 1.29 is 9.90 Å². The van der Waals surface area contributed by atoms with Gasteiger partial charge in [-0.05, 0) is 39.2 Å². The first kappa shape index (κ1) is 15.5. The number of hydrogen-bond donors (Lipinski definition) is 2. The molecule has 1 aromatic heterocycles. The Morgan fingerprint density at radius 1 is 1.48 bits per heavy atom. The highest BCUT2D eigenvalue weighted by Crippen LogP contribution is 2.18. The third-order valence-electron chi connectivity index (χ3n) is 3.42. The molecule has 1 amide bonds. The maximum Gasteiger partial charge on any atom is 0.251 e. The summed E-state index contributed by atoms with van der Waals surface area (Å²) in [5.41, 5.74) is 2.28. The van der Waals surface area contributed by atoms with Crippen LogP contribution in [0.3, 0.4) is 0 Å². The van der Waals surface area contributed by atoms with Crippen LogP contribution in [0.1, 0.15) is 23.3 Å². The number of carbonyl (C=O) groups excluding carboxylic acids is 1. The molecule has 1 heterocycles. The smallest absolute Gasteiger partial charge is 0.251 e. The summed E-state index contributed by atoms with van der Waals surface area (Å²) in [7, 11) is 3.93. The number of aliphatic hydroxyl groups is 1. The van der Waals surface area contributed by atoms with Gasteiger partial charge in [0.25, 0.3) is 5.91 Å². The molecule has 0 aliphatic heterocycles. The van der Waals surface area contributed by atoms with Crippen LogP contribution in [0.15, 0.2) is 24.5 Å². The van der Waals surface area contributed by atoms with E-state index in [4.69, 9.17) is 0 Å². The van der Waals surface area contributed by atoms with Gasteiger partial charge < -0.3 is 19.9 Å². The SMILES string of the molecule is C[C@@H](CO)n1cnc2cc(C(=O)NCCN(C)C)ccc21. The lowest BCUT2D eigenvalue weighted by Gasteiger charge is -2.12. The lowest BCUT2D eigenvalue weighted by atomic mass is 10.2. The molecule has 114 valence electrons. The summed E-state index contributed by atoms with van der Waals surface area (Å²) in [6.45, 7) is 3.39. The normalized spacial score (nSPS) is 12.8. The number of carbonyl (C=O) groups is 1. The molecule has 6 heteroatoms. The number of imidazole rings is 1. The molecule has 2 rings (SSSR count). The number of aromatic nitrogens is 2. The van der Waals surface area contributed by atoms with E-state index >= 15 is 0 Å². The Hall–Kier alpha value is -1.92. The molecule has 1 aromatic carbocycles. The summed E-state index contributed by atoms with van der Waals surface area (Å²) in [4.78, 5) is 18.4. The molecule has 2 aromatic rings. The first-order valence-corrected chi connectivity index (χ1v) is 7.03. The number of amides is 1. The minimum atomic E-state index is -0.0940. The van der Waals surface area contributed by atoms with Crippen LogP contribution in [-0.2, 0) is 0 Å². The van der Waals surface area contributed by atoms with Gasteiger partial charge in [0.05, 0.1) is 30.0 Å². The van der Waals surface area contributed by atoms with Gasteiger partial charge in [-0.3, -0.25) is 4.79 Å². The van der Waals surface area contributed by atoms with Crippen LogP contribution in [0, 0.1) is 0 Å². The summed E-state index contributed by atoms with van der Waals surface area (Å²) < 4.78 is 1.91. The summed E-state index contributed by atoms with van der Waals surface area (Å²) in [5.74, 6) is -0.0940. The van der Waals surface area contributed by atoms with Crippen molar-refractivity contribution in [3.63, 3.8) is 0 Å². The Balaban J connectivity index is 2.14. The number of hydrogen-bond acceptors (Lipinski definition) is 4. The topological polar surface area (TPSA) is 70.4 Å². The van der Waals surface area contributed by atoms with Gasteiger partial charge in [-0.1, -0.05) is 0 Å². The highest BCUT2D eigenvalue weighted by atomic mass is 16.3. The number of aliphatic hydroxyl groups excluding tert-OH is 1. The second-order valence-electron chi connectivity index (χ2n) is 5.45. The van der Waals surface area contributed by atoms with Crippen LogP contribution in [-0.4, -0.2) is 59.3 Å². The summed E-state index contributed by atoms with van der Waals surface area (Å²) >= 11 is 0. The Morgan fingerprint density at radius 2 is 2.24 bits per heavy atom. The predicted octanol–water partition coefficient (Wildman–Crippen LogP) is 0.881. The lowest BCUT2D eigenvalue weighted by molar-refractivity contribution is 0.0951. The third-order valence-corrected chi connectivity index (χ3v) is 3.42. The van der Waals surface area contributed by atoms with E-state index in [-0.39, 0.29) is 18.6 Å². The maximum atomic E-state index is 12.1. The second kappa shape index (κ2) is 6.69. The zero-order valence-corrected chi connectivity index (χ0v) is 12.7. The zero-order chi connectivity index (χ0) is 15.4. The fraction of sp³-hybridized carbons (Fsp3) is 0.467. The Bertz CT molecular complexity index is 621. The van der Waals surface area contributed by atoms with Crippen molar-refractivity contribution in [3.8, 4) is 0 Å². The fourth-order valence-electron chi connectivity index (χ4n) is 2.11. The van der Waals surface area contributed by atoms with Crippen molar-refractivity contribution in [2.24, 2.45) is 0 Å². The van der Waals surface area contributed by atoms with E-state index in [0.717, 1.165) is 17.6 Å². The molecule has 0 spiro atoms. The van der Waals surface area contributed by atoms with Crippen molar-refractivity contribution in [2.75, 3.05) is 33.8 Å². The molecule has 0 saturated heterocycles. The Morgan fingerprint density at radius 3 is 2.90 bits per heavy atom. The molecular formula is C15H22N4O2. The van der Waals surface area contributed by atoms with E-state index in [1.807, 2.05) is 36.6 Å². The van der Waals surface area contributed by atoms with Gasteiger partial charge in [0.2, 0.25) is 0 Å². The average Bonchev–Trinajstić information content (AvgIpc) is 2.88. The minimum Gasteiger partial charge on any atom is -0.394 e. The fourth-order valence-corrected chi connectivity index (χ4v) is 2.11. The standard InChI is InChI=1S/C15H22N4O2/c1-11(9-20)19-10-17-13-8-12(4-5-14(13)19)15(21)16-6-7-18(2)3/h4-5,8,10-11,20H,6-7,9H2,1-3H3,(H,16,21)/t11-/m0/s1. The van der Waals surface area contributed by atoms with Gasteiger partial charge in [-0.2, -0.15) is 0 Å². The number of rotatable bonds is 6. The molecule has 0 aliphatic rings. The average molecular weight is 290 g/mol. The van der Waals surface area contributed by atoms with E-state index in [0.29, 0.717) is 12.1 Å². The molecule has 0 bridgehead atoms. The molecule has 1 atom stereocenters. The van der Waals surface area contributed by atoms with Gasteiger partial charge in [0.1, 0.15) is 0 Å². The number of benzene rings is 1. The molecule has 0 aliphatic carbocycles. The van der Waals surface area contributed by atoms with E-state index in [9.17, 15) is 9.90 Å². The van der Waals surface area contributed by atoms with E-state index < -0.39 is 0 Å². The zero-order valence-electron chi connectivity index (χ0n) is 12.7. The first-order chi connectivity index (χ1) is 10.0. The monoisotopic (exact) mass is 290 g/mol. The Kier molecular flexibility index (Phi) is 4.93. The van der Waals surface area contributed by atoms with Crippen LogP contribution in [0.25, 0.3) is 11.0 Å². The molecule has 21 heavy (non-hydrogen) atoms. The van der Waals surface area contributed by atoms with Crippen molar-refractivity contribution in [1.82, 2.24) is 19.8 Å². The first-order valence-electron chi connectivity index (χ1n) is 7.03. The largest absolute Gasteiger partial charge is 0.394 e. The maximum absolute atomic E-state index is 12.1.